The molecule has 0 amide bonds. The number of nitrogens with zero attached hydrogens (tertiary/aromatic N) is 1. The average Bonchev–Trinajstić information content (AvgIpc) is 2.86. The molecule has 1 heterocycles. The number of fused-ring (bicyclic) bond motifs is 3. The van der Waals surface area contributed by atoms with Crippen molar-refractivity contribution in [2.45, 2.75) is 39.5 Å². The van der Waals surface area contributed by atoms with Gasteiger partial charge in [-0.25, -0.2) is 0 Å². The maximum absolute atomic E-state index is 10.3. The minimum Gasteiger partial charge on any atom is -0.391 e. The van der Waals surface area contributed by atoms with Gasteiger partial charge < -0.3 is 15.4 Å². The zero-order valence-corrected chi connectivity index (χ0v) is 14.7. The molecule has 0 radical (unpaired) electrons. The van der Waals surface area contributed by atoms with Gasteiger partial charge in [-0.2, -0.15) is 0 Å². The van der Waals surface area contributed by atoms with E-state index in [1.165, 1.54) is 21.8 Å². The summed E-state index contributed by atoms with van der Waals surface area (Å²) < 4.78 is 2.32. The van der Waals surface area contributed by atoms with Crippen molar-refractivity contribution in [1.29, 1.82) is 0 Å². The van der Waals surface area contributed by atoms with Crippen molar-refractivity contribution in [3.63, 3.8) is 0 Å². The summed E-state index contributed by atoms with van der Waals surface area (Å²) in [5.74, 6) is 0.141. The lowest BCUT2D eigenvalue weighted by atomic mass is 9.93. The second kappa shape index (κ2) is 6.91. The lowest BCUT2D eigenvalue weighted by Gasteiger charge is -2.22. The molecular weight excluding hydrogens is 308 g/mol. The molecule has 2 aromatic carbocycles. The topological polar surface area (TPSA) is 51.2 Å². The Morgan fingerprint density at radius 2 is 1.70 bits per heavy atom. The molecule has 0 aliphatic heterocycles. The van der Waals surface area contributed by atoms with Crippen LogP contribution in [0.25, 0.3) is 21.8 Å². The van der Waals surface area contributed by atoms with E-state index in [0.717, 1.165) is 12.1 Å². The van der Waals surface area contributed by atoms with Crippen LogP contribution >= 0.6 is 12.4 Å². The lowest BCUT2D eigenvalue weighted by Crippen LogP contribution is -2.30. The first-order chi connectivity index (χ1) is 10.5. The summed E-state index contributed by atoms with van der Waals surface area (Å²) in [4.78, 5) is 0. The molecule has 0 bridgehead atoms. The summed E-state index contributed by atoms with van der Waals surface area (Å²) in [5, 5.41) is 12.7. The Labute approximate surface area is 143 Å². The van der Waals surface area contributed by atoms with Gasteiger partial charge in [0.15, 0.2) is 0 Å². The maximum Gasteiger partial charge on any atom is 0.0755 e. The predicted molar refractivity (Wildman–Crippen MR) is 100 cm³/mol. The van der Waals surface area contributed by atoms with Crippen LogP contribution in [-0.2, 0) is 6.54 Å². The number of para-hydroxylation sites is 1. The number of aryl methyl sites for hydroxylation is 1. The molecule has 3 rings (SSSR count). The zero-order valence-electron chi connectivity index (χ0n) is 13.9. The van der Waals surface area contributed by atoms with Gasteiger partial charge in [-0.05, 0) is 36.6 Å². The number of benzene rings is 2. The second-order valence-corrected chi connectivity index (χ2v) is 6.30. The first-order valence-electron chi connectivity index (χ1n) is 7.99. The highest BCUT2D eigenvalue weighted by Crippen LogP contribution is 2.31. The molecule has 3 N–H and O–H groups in total. The van der Waals surface area contributed by atoms with Crippen molar-refractivity contribution in [2.75, 3.05) is 0 Å². The monoisotopic (exact) mass is 332 g/mol. The minimum absolute atomic E-state index is 0. The number of halogens is 1. The fourth-order valence-electron chi connectivity index (χ4n) is 3.23. The van der Waals surface area contributed by atoms with Gasteiger partial charge in [0.2, 0.25) is 0 Å². The van der Waals surface area contributed by atoms with E-state index in [-0.39, 0.29) is 24.4 Å². The standard InChI is InChI=1S/C19H24N2O.ClH/c1-4-21-16-8-6-5-7-14(16)15-11-13(9-10-17(15)21)18(20)19(22)12(2)3;/h5-12,18-19,22H,4,20H2,1-3H3;1H/t18-,19+;/m0./s1. The maximum atomic E-state index is 10.3. The van der Waals surface area contributed by atoms with Crippen molar-refractivity contribution in [3.05, 3.63) is 48.0 Å². The highest BCUT2D eigenvalue weighted by molar-refractivity contribution is 6.08. The SMILES string of the molecule is CCn1c2ccccc2c2cc([C@H](N)[C@H](O)C(C)C)ccc21.Cl. The molecular formula is C19H25ClN2O. The van der Waals surface area contributed by atoms with E-state index in [1.54, 1.807) is 0 Å². The third kappa shape index (κ3) is 2.97. The largest absolute Gasteiger partial charge is 0.391 e. The van der Waals surface area contributed by atoms with Gasteiger partial charge in [-0.3, -0.25) is 0 Å². The van der Waals surface area contributed by atoms with Crippen LogP contribution in [0.1, 0.15) is 32.4 Å². The van der Waals surface area contributed by atoms with Gasteiger partial charge in [0.25, 0.3) is 0 Å². The smallest absolute Gasteiger partial charge is 0.0755 e. The first kappa shape index (κ1) is 17.8. The molecule has 2 atom stereocenters. The van der Waals surface area contributed by atoms with Crippen molar-refractivity contribution in [3.8, 4) is 0 Å². The van der Waals surface area contributed by atoms with E-state index in [4.69, 9.17) is 5.73 Å². The number of aliphatic hydroxyl groups is 1. The van der Waals surface area contributed by atoms with E-state index < -0.39 is 6.10 Å². The van der Waals surface area contributed by atoms with Gasteiger partial charge in [0.1, 0.15) is 0 Å². The van der Waals surface area contributed by atoms with E-state index in [2.05, 4.69) is 47.9 Å². The zero-order chi connectivity index (χ0) is 15.9. The van der Waals surface area contributed by atoms with Gasteiger partial charge >= 0.3 is 0 Å². The van der Waals surface area contributed by atoms with Gasteiger partial charge in [-0.15, -0.1) is 12.4 Å². The number of nitrogens with two attached hydrogens (primary N) is 1. The van der Waals surface area contributed by atoms with Crippen LogP contribution in [0.2, 0.25) is 0 Å². The van der Waals surface area contributed by atoms with Crippen molar-refractivity contribution < 1.29 is 5.11 Å². The number of hydrogen-bond donors (Lipinski definition) is 2. The normalized spacial score (nSPS) is 14.2. The Balaban J connectivity index is 0.00000192. The Bertz CT molecular complexity index is 810. The molecule has 0 aliphatic rings. The molecule has 1 aromatic heterocycles. The molecule has 0 aliphatic carbocycles. The van der Waals surface area contributed by atoms with E-state index >= 15 is 0 Å². The number of hydrogen-bond acceptors (Lipinski definition) is 2. The first-order valence-corrected chi connectivity index (χ1v) is 7.99. The summed E-state index contributed by atoms with van der Waals surface area (Å²) >= 11 is 0. The van der Waals surface area contributed by atoms with Crippen LogP contribution in [0.3, 0.4) is 0 Å². The van der Waals surface area contributed by atoms with Crippen LogP contribution in [0.4, 0.5) is 0 Å². The van der Waals surface area contributed by atoms with E-state index in [9.17, 15) is 5.11 Å². The Kier molecular flexibility index (Phi) is 5.35. The summed E-state index contributed by atoms with van der Waals surface area (Å²) in [6.07, 6.45) is -0.531. The molecule has 124 valence electrons. The summed E-state index contributed by atoms with van der Waals surface area (Å²) in [6, 6.07) is 14.4. The number of aromatic nitrogens is 1. The molecule has 0 unspecified atom stereocenters. The summed E-state index contributed by atoms with van der Waals surface area (Å²) in [5.41, 5.74) is 9.72. The van der Waals surface area contributed by atoms with Crippen LogP contribution in [0.15, 0.2) is 42.5 Å². The summed E-state index contributed by atoms with van der Waals surface area (Å²) in [6.45, 7) is 7.08. The molecule has 0 saturated heterocycles. The highest BCUT2D eigenvalue weighted by atomic mass is 35.5. The van der Waals surface area contributed by atoms with E-state index in [0.29, 0.717) is 0 Å². The van der Waals surface area contributed by atoms with Crippen LogP contribution in [-0.4, -0.2) is 15.8 Å². The third-order valence-electron chi connectivity index (χ3n) is 4.55. The van der Waals surface area contributed by atoms with Gasteiger partial charge in [-0.1, -0.05) is 38.1 Å². The molecule has 0 spiro atoms. The number of rotatable bonds is 4. The van der Waals surface area contributed by atoms with Crippen LogP contribution in [0.5, 0.6) is 0 Å². The quantitative estimate of drug-likeness (QED) is 0.750. The summed E-state index contributed by atoms with van der Waals surface area (Å²) in [7, 11) is 0. The lowest BCUT2D eigenvalue weighted by molar-refractivity contribution is 0.0980. The molecule has 23 heavy (non-hydrogen) atoms. The molecule has 4 heteroatoms. The Morgan fingerprint density at radius 3 is 2.35 bits per heavy atom. The van der Waals surface area contributed by atoms with Crippen LogP contribution < -0.4 is 5.73 Å². The van der Waals surface area contributed by atoms with Crippen LogP contribution in [0, 0.1) is 5.92 Å². The second-order valence-electron chi connectivity index (χ2n) is 6.30. The fraction of sp³-hybridized carbons (Fsp3) is 0.368. The number of aliphatic hydroxyl groups excluding tert-OH is 1. The molecule has 3 nitrogen and oxygen atoms in total. The Hall–Kier alpha value is -1.55. The van der Waals surface area contributed by atoms with Gasteiger partial charge in [0.05, 0.1) is 12.1 Å². The molecule has 0 fully saturated rings. The Morgan fingerprint density at radius 1 is 1.04 bits per heavy atom. The third-order valence-corrected chi connectivity index (χ3v) is 4.55. The highest BCUT2D eigenvalue weighted by Gasteiger charge is 2.21. The molecule has 0 saturated carbocycles. The van der Waals surface area contributed by atoms with Crippen molar-refractivity contribution in [2.24, 2.45) is 11.7 Å². The van der Waals surface area contributed by atoms with Crippen molar-refractivity contribution in [1.82, 2.24) is 4.57 Å². The predicted octanol–water partition coefficient (Wildman–Crippen LogP) is 4.25. The minimum atomic E-state index is -0.531. The van der Waals surface area contributed by atoms with Crippen molar-refractivity contribution >= 4 is 34.2 Å². The van der Waals surface area contributed by atoms with Gasteiger partial charge in [0, 0.05) is 28.4 Å². The molecule has 3 aromatic rings. The fourth-order valence-corrected chi connectivity index (χ4v) is 3.23. The average molecular weight is 333 g/mol. The van der Waals surface area contributed by atoms with E-state index in [1.807, 2.05) is 19.9 Å².